The van der Waals surface area contributed by atoms with Crippen LogP contribution in [0.2, 0.25) is 12.1 Å². The molecular formula is C34H55ClO8Si3. The summed E-state index contributed by atoms with van der Waals surface area (Å²) in [6.45, 7) is 5.43. The highest BCUT2D eigenvalue weighted by Gasteiger charge is 2.43. The number of aryl methyl sites for hydroxylation is 2. The molecule has 0 aliphatic heterocycles. The summed E-state index contributed by atoms with van der Waals surface area (Å²) in [6.07, 6.45) is 3.20. The van der Waals surface area contributed by atoms with Crippen LogP contribution >= 0.6 is 11.6 Å². The van der Waals surface area contributed by atoms with Gasteiger partial charge in [-0.15, -0.1) is 11.6 Å². The molecule has 0 spiro atoms. The summed E-state index contributed by atoms with van der Waals surface area (Å²) in [5.74, 6) is 0.432. The van der Waals surface area contributed by atoms with Crippen molar-refractivity contribution in [1.29, 1.82) is 0 Å². The average Bonchev–Trinajstić information content (AvgIpc) is 3.12. The van der Waals surface area contributed by atoms with Gasteiger partial charge in [-0.2, -0.15) is 0 Å². The first-order valence-electron chi connectivity index (χ1n) is 15.7. The highest BCUT2D eigenvalue weighted by Crippen LogP contribution is 2.16. The first kappa shape index (κ1) is 42.3. The van der Waals surface area contributed by atoms with E-state index in [-0.39, 0.29) is 0 Å². The molecule has 12 heteroatoms. The van der Waals surface area contributed by atoms with Crippen molar-refractivity contribution >= 4 is 43.7 Å². The van der Waals surface area contributed by atoms with Crippen molar-refractivity contribution in [2.45, 2.75) is 45.2 Å². The predicted molar refractivity (Wildman–Crippen MR) is 194 cm³/mol. The van der Waals surface area contributed by atoms with Crippen LogP contribution in [0.25, 0.3) is 0 Å². The molecular weight excluding hydrogens is 656 g/mol. The van der Waals surface area contributed by atoms with Crippen LogP contribution in [0.1, 0.15) is 31.4 Å². The molecule has 3 aromatic carbocycles. The van der Waals surface area contributed by atoms with Crippen molar-refractivity contribution in [3.8, 4) is 0 Å². The molecule has 0 N–H and O–H groups in total. The fourth-order valence-corrected chi connectivity index (χ4v) is 10.1. The zero-order valence-electron chi connectivity index (χ0n) is 28.7. The number of halogens is 1. The van der Waals surface area contributed by atoms with Gasteiger partial charge >= 0.3 is 26.9 Å². The lowest BCUT2D eigenvalue weighted by atomic mass is 10.1. The highest BCUT2D eigenvalue weighted by molar-refractivity contribution is 6.75. The Hall–Kier alpha value is -1.72. The van der Waals surface area contributed by atoms with Gasteiger partial charge in [0.15, 0.2) is 0 Å². The van der Waals surface area contributed by atoms with Gasteiger partial charge in [0.2, 0.25) is 0 Å². The SMILES string of the molecule is CCO[Si](OCC)(OCCCl)c1ccccc1.CO[SiH](CCCc1ccccc1)OC.CO[Si](CCc1ccccc1)(OC)OC. The van der Waals surface area contributed by atoms with Gasteiger partial charge in [-0.05, 0) is 50.3 Å². The fourth-order valence-electron chi connectivity index (χ4n) is 4.52. The van der Waals surface area contributed by atoms with E-state index in [1.54, 1.807) is 35.5 Å². The van der Waals surface area contributed by atoms with E-state index in [0.717, 1.165) is 36.5 Å². The second-order valence-electron chi connectivity index (χ2n) is 9.89. The maximum absolute atomic E-state index is 5.81. The normalized spacial score (nSPS) is 11.4. The Morgan fingerprint density at radius 1 is 0.609 bits per heavy atom. The van der Waals surface area contributed by atoms with Crippen molar-refractivity contribution < 1.29 is 35.4 Å². The highest BCUT2D eigenvalue weighted by atomic mass is 35.5. The first-order chi connectivity index (χ1) is 22.4. The zero-order chi connectivity index (χ0) is 33.9. The largest absolute Gasteiger partial charge is 0.537 e. The van der Waals surface area contributed by atoms with Gasteiger partial charge in [0, 0.05) is 65.9 Å². The predicted octanol–water partition coefficient (Wildman–Crippen LogP) is 6.40. The van der Waals surface area contributed by atoms with Crippen LogP contribution < -0.4 is 5.19 Å². The number of benzene rings is 3. The summed E-state index contributed by atoms with van der Waals surface area (Å²) >= 11 is 5.68. The maximum atomic E-state index is 5.81. The molecule has 0 heterocycles. The molecule has 0 aromatic heterocycles. The lowest BCUT2D eigenvalue weighted by molar-refractivity contribution is 0.0865. The molecule has 0 unspecified atom stereocenters. The number of hydrogen-bond acceptors (Lipinski definition) is 8. The molecule has 8 nitrogen and oxygen atoms in total. The smallest absolute Gasteiger partial charge is 0.400 e. The summed E-state index contributed by atoms with van der Waals surface area (Å²) in [6, 6.07) is 32.5. The first-order valence-corrected chi connectivity index (χ1v) is 21.7. The summed E-state index contributed by atoms with van der Waals surface area (Å²) in [4.78, 5) is 0. The van der Waals surface area contributed by atoms with Crippen molar-refractivity contribution in [2.24, 2.45) is 0 Å². The molecule has 0 fully saturated rings. The van der Waals surface area contributed by atoms with E-state index in [1.165, 1.54) is 11.1 Å². The van der Waals surface area contributed by atoms with Crippen molar-refractivity contribution in [1.82, 2.24) is 0 Å². The Bertz CT molecular complexity index is 1080. The molecule has 258 valence electrons. The van der Waals surface area contributed by atoms with Crippen molar-refractivity contribution in [2.75, 3.05) is 61.2 Å². The van der Waals surface area contributed by atoms with E-state index in [9.17, 15) is 0 Å². The van der Waals surface area contributed by atoms with Gasteiger partial charge in [-0.3, -0.25) is 0 Å². The van der Waals surface area contributed by atoms with E-state index in [2.05, 4.69) is 36.4 Å². The molecule has 0 radical (unpaired) electrons. The van der Waals surface area contributed by atoms with Gasteiger partial charge in [0.1, 0.15) is 0 Å². The van der Waals surface area contributed by atoms with Crippen molar-refractivity contribution in [3.63, 3.8) is 0 Å². The van der Waals surface area contributed by atoms with Crippen LogP contribution in [0.3, 0.4) is 0 Å². The van der Waals surface area contributed by atoms with Crippen LogP contribution in [-0.2, 0) is 48.2 Å². The minimum Gasteiger partial charge on any atom is -0.400 e. The molecule has 46 heavy (non-hydrogen) atoms. The molecule has 3 aromatic rings. The fraction of sp³-hybridized carbons (Fsp3) is 0.471. The molecule has 0 aliphatic rings. The molecule has 0 saturated carbocycles. The summed E-state index contributed by atoms with van der Waals surface area (Å²) in [5.41, 5.74) is 2.67. The lowest BCUT2D eigenvalue weighted by Gasteiger charge is -2.28. The Morgan fingerprint density at radius 3 is 1.48 bits per heavy atom. The molecule has 0 saturated heterocycles. The topological polar surface area (TPSA) is 73.8 Å². The van der Waals surface area contributed by atoms with Crippen LogP contribution in [-0.4, -0.2) is 88.1 Å². The van der Waals surface area contributed by atoms with Gasteiger partial charge in [0.05, 0.1) is 6.61 Å². The minimum absolute atomic E-state index is 0.432. The van der Waals surface area contributed by atoms with Crippen molar-refractivity contribution in [3.05, 3.63) is 102 Å². The molecule has 0 bridgehead atoms. The third kappa shape index (κ3) is 16.4. The number of hydrogen-bond donors (Lipinski definition) is 0. The van der Waals surface area contributed by atoms with E-state index in [0.29, 0.717) is 25.7 Å². The van der Waals surface area contributed by atoms with E-state index < -0.39 is 26.9 Å². The van der Waals surface area contributed by atoms with Gasteiger partial charge in [-0.1, -0.05) is 91.0 Å². The molecule has 3 rings (SSSR count). The standard InChI is InChI=1S/C12H19ClO3Si.C11H18O3Si.C11H18O2Si/c1-3-14-17(15-4-2,16-11-10-13)12-8-6-5-7-9-12;1-12-15(13-2,14-3)10-9-11-7-5-4-6-8-11;1-12-14(13-2)10-6-9-11-7-4-3-5-8-11/h5-9H,3-4,10-11H2,1-2H3;4-8H,9-10H2,1-3H3;3-5,7-8,14H,6,9-10H2,1-2H3. The third-order valence-electron chi connectivity index (χ3n) is 6.93. The van der Waals surface area contributed by atoms with Crippen LogP contribution in [0.4, 0.5) is 0 Å². The Kier molecular flexibility index (Phi) is 24.1. The Balaban J connectivity index is 0.000000347. The Morgan fingerprint density at radius 2 is 1.07 bits per heavy atom. The number of rotatable bonds is 20. The summed E-state index contributed by atoms with van der Waals surface area (Å²) < 4.78 is 44.0. The number of alkyl halides is 1. The van der Waals surface area contributed by atoms with E-state index in [4.69, 9.17) is 47.0 Å². The van der Waals surface area contributed by atoms with E-state index in [1.807, 2.05) is 68.4 Å². The third-order valence-corrected chi connectivity index (χ3v) is 14.7. The maximum Gasteiger partial charge on any atom is 0.537 e. The van der Waals surface area contributed by atoms with Gasteiger partial charge in [-0.25, -0.2) is 0 Å². The minimum atomic E-state index is -2.78. The van der Waals surface area contributed by atoms with Crippen LogP contribution in [0.15, 0.2) is 91.0 Å². The monoisotopic (exact) mass is 710 g/mol. The second-order valence-corrected chi connectivity index (χ2v) is 18.3. The van der Waals surface area contributed by atoms with Crippen LogP contribution in [0.5, 0.6) is 0 Å². The molecule has 0 amide bonds. The summed E-state index contributed by atoms with van der Waals surface area (Å²) in [7, 11) is 1.90. The zero-order valence-corrected chi connectivity index (χ0v) is 32.7. The molecule has 0 atom stereocenters. The van der Waals surface area contributed by atoms with Gasteiger partial charge < -0.3 is 35.4 Å². The molecule has 0 aliphatic carbocycles. The summed E-state index contributed by atoms with van der Waals surface area (Å²) in [5, 5.41) is 0.980. The van der Waals surface area contributed by atoms with E-state index >= 15 is 0 Å². The lowest BCUT2D eigenvalue weighted by Crippen LogP contribution is -2.57. The quantitative estimate of drug-likeness (QED) is 0.0986. The second kappa shape index (κ2) is 26.3. The Labute approximate surface area is 286 Å². The van der Waals surface area contributed by atoms with Crippen LogP contribution in [0, 0.1) is 0 Å². The average molecular weight is 712 g/mol. The van der Waals surface area contributed by atoms with Gasteiger partial charge in [0.25, 0.3) is 0 Å².